The van der Waals surface area contributed by atoms with Gasteiger partial charge in [0.1, 0.15) is 0 Å². The van der Waals surface area contributed by atoms with Gasteiger partial charge in [-0.25, -0.2) is 0 Å². The summed E-state index contributed by atoms with van der Waals surface area (Å²) in [4.78, 5) is 23.7. The first-order valence-electron chi connectivity index (χ1n) is 7.21. The van der Waals surface area contributed by atoms with E-state index in [0.717, 1.165) is 30.5 Å². The lowest BCUT2D eigenvalue weighted by Gasteiger charge is -2.25. The van der Waals surface area contributed by atoms with E-state index in [2.05, 4.69) is 10.6 Å². The first kappa shape index (κ1) is 14.4. The smallest absolute Gasteiger partial charge is 0.228 e. The molecule has 6 heteroatoms. The zero-order valence-electron chi connectivity index (χ0n) is 11.6. The molecule has 0 bridgehead atoms. The van der Waals surface area contributed by atoms with Crippen LogP contribution in [-0.4, -0.2) is 17.9 Å². The summed E-state index contributed by atoms with van der Waals surface area (Å²) < 4.78 is 0. The van der Waals surface area contributed by atoms with Crippen molar-refractivity contribution in [3.63, 3.8) is 0 Å². The SMILES string of the molecule is NC1CCCC(C(=O)Nc2cc3c(cc2Cl)NC(=O)C3)C1. The molecule has 5 nitrogen and oxygen atoms in total. The van der Waals surface area contributed by atoms with Crippen LogP contribution in [0.4, 0.5) is 11.4 Å². The molecule has 1 fully saturated rings. The number of hydrogen-bond acceptors (Lipinski definition) is 3. The average molecular weight is 308 g/mol. The highest BCUT2D eigenvalue weighted by atomic mass is 35.5. The molecule has 112 valence electrons. The summed E-state index contributed by atoms with van der Waals surface area (Å²) in [5.74, 6) is -0.148. The molecular weight excluding hydrogens is 290 g/mol. The van der Waals surface area contributed by atoms with Gasteiger partial charge in [0, 0.05) is 17.6 Å². The van der Waals surface area contributed by atoms with Crippen molar-refractivity contribution in [1.29, 1.82) is 0 Å². The molecule has 21 heavy (non-hydrogen) atoms. The molecule has 2 amide bonds. The molecule has 0 spiro atoms. The predicted molar refractivity (Wildman–Crippen MR) is 82.3 cm³/mol. The lowest BCUT2D eigenvalue weighted by Crippen LogP contribution is -2.34. The highest BCUT2D eigenvalue weighted by molar-refractivity contribution is 6.34. The van der Waals surface area contributed by atoms with E-state index in [1.165, 1.54) is 0 Å². The van der Waals surface area contributed by atoms with Gasteiger partial charge in [0.25, 0.3) is 0 Å². The average Bonchev–Trinajstić information content (AvgIpc) is 2.78. The van der Waals surface area contributed by atoms with Crippen LogP contribution >= 0.6 is 11.6 Å². The molecule has 2 atom stereocenters. The largest absolute Gasteiger partial charge is 0.328 e. The molecule has 1 aromatic rings. The number of benzene rings is 1. The number of halogens is 1. The van der Waals surface area contributed by atoms with Gasteiger partial charge in [0.15, 0.2) is 0 Å². The number of nitrogens with two attached hydrogens (primary N) is 1. The Bertz CT molecular complexity index is 603. The number of amides is 2. The summed E-state index contributed by atoms with van der Waals surface area (Å²) >= 11 is 6.18. The summed E-state index contributed by atoms with van der Waals surface area (Å²) in [5, 5.41) is 6.05. The van der Waals surface area contributed by atoms with Gasteiger partial charge in [-0.2, -0.15) is 0 Å². The zero-order chi connectivity index (χ0) is 15.0. The minimum Gasteiger partial charge on any atom is -0.328 e. The second kappa shape index (κ2) is 5.66. The Labute approximate surface area is 128 Å². The maximum atomic E-state index is 12.3. The van der Waals surface area contributed by atoms with E-state index in [1.807, 2.05) is 0 Å². The van der Waals surface area contributed by atoms with Crippen LogP contribution in [0.1, 0.15) is 31.2 Å². The summed E-state index contributed by atoms with van der Waals surface area (Å²) in [6, 6.07) is 3.56. The van der Waals surface area contributed by atoms with Gasteiger partial charge in [-0.15, -0.1) is 0 Å². The van der Waals surface area contributed by atoms with Crippen LogP contribution in [0, 0.1) is 5.92 Å². The van der Waals surface area contributed by atoms with Gasteiger partial charge in [0.2, 0.25) is 11.8 Å². The number of anilines is 2. The van der Waals surface area contributed by atoms with Crippen LogP contribution < -0.4 is 16.4 Å². The Balaban J connectivity index is 1.74. The van der Waals surface area contributed by atoms with Crippen molar-refractivity contribution in [3.05, 3.63) is 22.7 Å². The molecule has 4 N–H and O–H groups in total. The minimum absolute atomic E-state index is 0.0377. The predicted octanol–water partition coefficient (Wildman–Crippen LogP) is 2.29. The molecule has 1 heterocycles. The first-order chi connectivity index (χ1) is 10.0. The third-order valence-electron chi connectivity index (χ3n) is 4.16. The molecule has 2 aliphatic rings. The molecule has 0 saturated heterocycles. The Morgan fingerprint density at radius 2 is 2.19 bits per heavy atom. The highest BCUT2D eigenvalue weighted by Crippen LogP contribution is 2.33. The van der Waals surface area contributed by atoms with Gasteiger partial charge in [0.05, 0.1) is 17.1 Å². The normalized spacial score (nSPS) is 24.4. The van der Waals surface area contributed by atoms with Crippen LogP contribution in [0.5, 0.6) is 0 Å². The third-order valence-corrected chi connectivity index (χ3v) is 4.47. The molecule has 1 aliphatic carbocycles. The third kappa shape index (κ3) is 3.04. The van der Waals surface area contributed by atoms with Crippen molar-refractivity contribution < 1.29 is 9.59 Å². The van der Waals surface area contributed by atoms with Gasteiger partial charge in [-0.1, -0.05) is 18.0 Å². The summed E-state index contributed by atoms with van der Waals surface area (Å²) in [7, 11) is 0. The molecule has 1 aliphatic heterocycles. The van der Waals surface area contributed by atoms with Crippen molar-refractivity contribution in [3.8, 4) is 0 Å². The molecule has 1 aromatic carbocycles. The molecule has 0 aromatic heterocycles. The number of nitrogens with one attached hydrogen (secondary N) is 2. The van der Waals surface area contributed by atoms with Crippen molar-refractivity contribution >= 4 is 34.8 Å². The number of rotatable bonds is 2. The number of fused-ring (bicyclic) bond motifs is 1. The number of hydrogen-bond donors (Lipinski definition) is 3. The topological polar surface area (TPSA) is 84.2 Å². The van der Waals surface area contributed by atoms with Crippen molar-refractivity contribution in [2.24, 2.45) is 11.7 Å². The zero-order valence-corrected chi connectivity index (χ0v) is 12.4. The molecule has 3 rings (SSSR count). The standard InChI is InChI=1S/C15H18ClN3O2/c16-11-7-12-9(6-14(20)18-12)5-13(11)19-15(21)8-2-1-3-10(17)4-8/h5,7-8,10H,1-4,6,17H2,(H,18,20)(H,19,21). The molecule has 1 saturated carbocycles. The van der Waals surface area contributed by atoms with Crippen LogP contribution in [0.25, 0.3) is 0 Å². The van der Waals surface area contributed by atoms with Crippen molar-refractivity contribution in [2.75, 3.05) is 10.6 Å². The molecule has 0 radical (unpaired) electrons. The van der Waals surface area contributed by atoms with Crippen LogP contribution in [0.2, 0.25) is 5.02 Å². The van der Waals surface area contributed by atoms with E-state index in [9.17, 15) is 9.59 Å². The van der Waals surface area contributed by atoms with Crippen molar-refractivity contribution in [1.82, 2.24) is 0 Å². The Morgan fingerprint density at radius 1 is 1.38 bits per heavy atom. The van der Waals surface area contributed by atoms with E-state index < -0.39 is 0 Å². The molecular formula is C15H18ClN3O2. The maximum Gasteiger partial charge on any atom is 0.228 e. The first-order valence-corrected chi connectivity index (χ1v) is 7.59. The Kier molecular flexibility index (Phi) is 3.87. The fourth-order valence-electron chi connectivity index (χ4n) is 3.04. The van der Waals surface area contributed by atoms with Crippen molar-refractivity contribution in [2.45, 2.75) is 38.1 Å². The second-order valence-electron chi connectivity index (χ2n) is 5.83. The van der Waals surface area contributed by atoms with Gasteiger partial charge >= 0.3 is 0 Å². The highest BCUT2D eigenvalue weighted by Gasteiger charge is 2.26. The molecule has 2 unspecified atom stereocenters. The van der Waals surface area contributed by atoms with Crippen LogP contribution in [-0.2, 0) is 16.0 Å². The van der Waals surface area contributed by atoms with E-state index >= 15 is 0 Å². The number of carbonyl (C=O) groups is 2. The maximum absolute atomic E-state index is 12.3. The van der Waals surface area contributed by atoms with E-state index in [0.29, 0.717) is 23.6 Å². The van der Waals surface area contributed by atoms with Crippen LogP contribution in [0.15, 0.2) is 12.1 Å². The van der Waals surface area contributed by atoms with Crippen LogP contribution in [0.3, 0.4) is 0 Å². The summed E-state index contributed by atoms with van der Waals surface area (Å²) in [6.07, 6.45) is 3.87. The lowest BCUT2D eigenvalue weighted by molar-refractivity contribution is -0.121. The van der Waals surface area contributed by atoms with Gasteiger partial charge < -0.3 is 16.4 Å². The lowest BCUT2D eigenvalue weighted by atomic mass is 9.85. The van der Waals surface area contributed by atoms with E-state index in [4.69, 9.17) is 17.3 Å². The number of carbonyl (C=O) groups excluding carboxylic acids is 2. The second-order valence-corrected chi connectivity index (χ2v) is 6.23. The van der Waals surface area contributed by atoms with Gasteiger partial charge in [-0.05, 0) is 37.0 Å². The summed E-state index contributed by atoms with van der Waals surface area (Å²) in [6.45, 7) is 0. The Morgan fingerprint density at radius 3 is 2.95 bits per heavy atom. The van der Waals surface area contributed by atoms with E-state index in [1.54, 1.807) is 12.1 Å². The fraction of sp³-hybridized carbons (Fsp3) is 0.467. The summed E-state index contributed by atoms with van der Waals surface area (Å²) in [5.41, 5.74) is 8.08. The van der Waals surface area contributed by atoms with E-state index in [-0.39, 0.29) is 23.8 Å². The quantitative estimate of drug-likeness (QED) is 0.783. The fourth-order valence-corrected chi connectivity index (χ4v) is 3.26. The Hall–Kier alpha value is -1.59. The van der Waals surface area contributed by atoms with Gasteiger partial charge in [-0.3, -0.25) is 9.59 Å². The monoisotopic (exact) mass is 307 g/mol. The minimum atomic E-state index is -0.0576.